The van der Waals surface area contributed by atoms with E-state index in [-0.39, 0.29) is 5.91 Å². The van der Waals surface area contributed by atoms with Crippen LogP contribution in [0, 0.1) is 5.92 Å². The SMILES string of the molecule is C=C/C(=C\C=C\Cl)NC(=O)C1C=C(Cl)C=CC(NC=S)=C1. The molecule has 0 aromatic rings. The molecule has 1 amide bonds. The summed E-state index contributed by atoms with van der Waals surface area (Å²) in [5, 5.41) is 6.07. The minimum absolute atomic E-state index is 0.241. The Balaban J connectivity index is 2.93. The van der Waals surface area contributed by atoms with Crippen LogP contribution in [-0.2, 0) is 4.79 Å². The van der Waals surface area contributed by atoms with Gasteiger partial charge >= 0.3 is 0 Å². The van der Waals surface area contributed by atoms with Gasteiger partial charge in [-0.05, 0) is 42.5 Å². The molecule has 1 unspecified atom stereocenters. The van der Waals surface area contributed by atoms with Crippen LogP contribution in [0.3, 0.4) is 0 Å². The number of hydrogen-bond donors (Lipinski definition) is 2. The number of carbonyl (C=O) groups excluding carboxylic acids is 1. The predicted molar refractivity (Wildman–Crippen MR) is 92.9 cm³/mol. The average Bonchev–Trinajstić information content (AvgIpc) is 2.66. The minimum atomic E-state index is -0.534. The molecule has 2 N–H and O–H groups in total. The molecule has 0 bridgehead atoms. The summed E-state index contributed by atoms with van der Waals surface area (Å²) in [6.07, 6.45) is 11.5. The van der Waals surface area contributed by atoms with E-state index in [1.165, 1.54) is 17.1 Å². The van der Waals surface area contributed by atoms with Crippen molar-refractivity contribution in [2.24, 2.45) is 5.92 Å². The first kappa shape index (κ1) is 17.4. The van der Waals surface area contributed by atoms with Crippen LogP contribution in [0.1, 0.15) is 0 Å². The molecular formula is C15H14Cl2N2OS. The zero-order chi connectivity index (χ0) is 15.7. The van der Waals surface area contributed by atoms with Crippen molar-refractivity contribution in [1.29, 1.82) is 0 Å². The predicted octanol–water partition coefficient (Wildman–Crippen LogP) is 3.66. The summed E-state index contributed by atoms with van der Waals surface area (Å²) in [6, 6.07) is 0. The number of thiocarbonyl (C=S) groups is 1. The van der Waals surface area contributed by atoms with Crippen LogP contribution in [0.5, 0.6) is 0 Å². The lowest BCUT2D eigenvalue weighted by Gasteiger charge is -2.11. The first-order valence-corrected chi connectivity index (χ1v) is 7.27. The van der Waals surface area contributed by atoms with Gasteiger partial charge in [0.2, 0.25) is 5.91 Å². The van der Waals surface area contributed by atoms with E-state index in [2.05, 4.69) is 17.2 Å². The molecule has 0 spiro atoms. The number of nitrogens with one attached hydrogen (secondary N) is 2. The summed E-state index contributed by atoms with van der Waals surface area (Å²) in [6.45, 7) is 3.63. The van der Waals surface area contributed by atoms with Crippen LogP contribution in [0.4, 0.5) is 0 Å². The fourth-order valence-electron chi connectivity index (χ4n) is 1.54. The van der Waals surface area contributed by atoms with Crippen molar-refractivity contribution in [2.45, 2.75) is 0 Å². The van der Waals surface area contributed by atoms with Gasteiger partial charge in [-0.15, -0.1) is 0 Å². The Morgan fingerprint density at radius 3 is 2.76 bits per heavy atom. The van der Waals surface area contributed by atoms with Crippen LogP contribution >= 0.6 is 35.4 Å². The van der Waals surface area contributed by atoms with Crippen LogP contribution < -0.4 is 10.6 Å². The second kappa shape index (κ2) is 9.34. The largest absolute Gasteiger partial charge is 0.353 e. The summed E-state index contributed by atoms with van der Waals surface area (Å²) in [5.74, 6) is -0.775. The van der Waals surface area contributed by atoms with E-state index in [0.29, 0.717) is 16.4 Å². The van der Waals surface area contributed by atoms with Gasteiger partial charge in [-0.25, -0.2) is 0 Å². The van der Waals surface area contributed by atoms with Crippen molar-refractivity contribution in [3.63, 3.8) is 0 Å². The summed E-state index contributed by atoms with van der Waals surface area (Å²) >= 11 is 16.2. The number of allylic oxidation sites excluding steroid dienone is 6. The van der Waals surface area contributed by atoms with E-state index in [0.717, 1.165) is 0 Å². The van der Waals surface area contributed by atoms with Crippen molar-refractivity contribution < 1.29 is 4.79 Å². The van der Waals surface area contributed by atoms with Gasteiger partial charge in [0.1, 0.15) is 0 Å². The first-order chi connectivity index (χ1) is 10.1. The number of amides is 1. The third kappa shape index (κ3) is 6.12. The molecule has 0 saturated carbocycles. The highest BCUT2D eigenvalue weighted by Gasteiger charge is 2.16. The topological polar surface area (TPSA) is 41.1 Å². The second-order valence-electron chi connectivity index (χ2n) is 3.93. The molecule has 0 aliphatic heterocycles. The lowest BCUT2D eigenvalue weighted by molar-refractivity contribution is -0.121. The Morgan fingerprint density at radius 2 is 2.14 bits per heavy atom. The van der Waals surface area contributed by atoms with Crippen molar-refractivity contribution in [1.82, 2.24) is 10.6 Å². The van der Waals surface area contributed by atoms with Crippen molar-refractivity contribution in [2.75, 3.05) is 0 Å². The Bertz CT molecular complexity index is 574. The van der Waals surface area contributed by atoms with Gasteiger partial charge in [-0.2, -0.15) is 0 Å². The highest BCUT2D eigenvalue weighted by molar-refractivity contribution is 7.78. The molecule has 6 heteroatoms. The van der Waals surface area contributed by atoms with Gasteiger partial charge < -0.3 is 10.6 Å². The summed E-state index contributed by atoms with van der Waals surface area (Å²) < 4.78 is 0. The van der Waals surface area contributed by atoms with Gasteiger partial charge in [-0.3, -0.25) is 4.79 Å². The summed E-state index contributed by atoms with van der Waals surface area (Å²) in [5.41, 5.74) is 3.94. The Labute approximate surface area is 139 Å². The minimum Gasteiger partial charge on any atom is -0.353 e. The molecule has 0 heterocycles. The molecular weight excluding hydrogens is 327 g/mol. The van der Waals surface area contributed by atoms with Crippen molar-refractivity contribution >= 4 is 46.8 Å². The molecule has 3 nitrogen and oxygen atoms in total. The van der Waals surface area contributed by atoms with Crippen LogP contribution in [0.15, 0.2) is 71.1 Å². The number of carbonyl (C=O) groups is 1. The van der Waals surface area contributed by atoms with Crippen LogP contribution in [0.2, 0.25) is 0 Å². The molecule has 0 saturated heterocycles. The quantitative estimate of drug-likeness (QED) is 0.572. The lowest BCUT2D eigenvalue weighted by atomic mass is 10.1. The maximum Gasteiger partial charge on any atom is 0.235 e. The van der Waals surface area contributed by atoms with Crippen molar-refractivity contribution in [3.05, 3.63) is 71.1 Å². The van der Waals surface area contributed by atoms with E-state index in [9.17, 15) is 4.79 Å². The second-order valence-corrected chi connectivity index (χ2v) is 4.85. The number of rotatable bonds is 6. The molecule has 1 rings (SSSR count). The molecule has 21 heavy (non-hydrogen) atoms. The van der Waals surface area contributed by atoms with E-state index >= 15 is 0 Å². The first-order valence-electron chi connectivity index (χ1n) is 5.98. The van der Waals surface area contributed by atoms with Gasteiger partial charge in [-0.1, -0.05) is 42.0 Å². The molecule has 1 aliphatic rings. The normalized spacial score (nSPS) is 18.6. The lowest BCUT2D eigenvalue weighted by Crippen LogP contribution is -2.28. The highest BCUT2D eigenvalue weighted by Crippen LogP contribution is 2.17. The molecule has 1 atom stereocenters. The fraction of sp³-hybridized carbons (Fsp3) is 0.0667. The van der Waals surface area contributed by atoms with Crippen molar-refractivity contribution in [3.8, 4) is 0 Å². The van der Waals surface area contributed by atoms with Gasteiger partial charge in [0.15, 0.2) is 0 Å². The molecule has 0 aromatic carbocycles. The van der Waals surface area contributed by atoms with Crippen LogP contribution in [0.25, 0.3) is 0 Å². The maximum atomic E-state index is 12.3. The van der Waals surface area contributed by atoms with Crippen LogP contribution in [-0.4, -0.2) is 11.4 Å². The maximum absolute atomic E-state index is 12.3. The Kier molecular flexibility index (Phi) is 7.75. The average molecular weight is 341 g/mol. The highest BCUT2D eigenvalue weighted by atomic mass is 35.5. The smallest absolute Gasteiger partial charge is 0.235 e. The molecule has 0 fully saturated rings. The monoisotopic (exact) mass is 340 g/mol. The van der Waals surface area contributed by atoms with E-state index in [1.807, 2.05) is 0 Å². The van der Waals surface area contributed by atoms with Gasteiger partial charge in [0, 0.05) is 22.0 Å². The third-order valence-electron chi connectivity index (χ3n) is 2.48. The Hall–Kier alpha value is -1.62. The van der Waals surface area contributed by atoms with Gasteiger partial charge in [0.25, 0.3) is 0 Å². The third-order valence-corrected chi connectivity index (χ3v) is 3.00. The molecule has 110 valence electrons. The number of halogens is 2. The standard InChI is InChI=1S/C15H14Cl2N2OS/c1-2-13(4-3-7-16)19-15(20)11-8-12(17)5-6-14(9-11)18-10-21/h2-11H,1H2,(H,18,21)(H,19,20)/b7-3+,13-4+. The van der Waals surface area contributed by atoms with Gasteiger partial charge in [0.05, 0.1) is 11.4 Å². The Morgan fingerprint density at radius 1 is 1.38 bits per heavy atom. The van der Waals surface area contributed by atoms with E-state index < -0.39 is 5.92 Å². The molecule has 0 aromatic heterocycles. The summed E-state index contributed by atoms with van der Waals surface area (Å²) in [4.78, 5) is 12.3. The van der Waals surface area contributed by atoms with E-state index in [1.54, 1.807) is 36.5 Å². The zero-order valence-corrected chi connectivity index (χ0v) is 13.4. The zero-order valence-electron chi connectivity index (χ0n) is 11.1. The summed E-state index contributed by atoms with van der Waals surface area (Å²) in [7, 11) is 0. The molecule has 1 aliphatic carbocycles. The number of hydrogen-bond acceptors (Lipinski definition) is 2. The molecule has 0 radical (unpaired) electrons. The fourth-order valence-corrected chi connectivity index (χ4v) is 1.94. The van der Waals surface area contributed by atoms with E-state index in [4.69, 9.17) is 35.4 Å².